The van der Waals surface area contributed by atoms with Crippen LogP contribution < -0.4 is 5.32 Å². The molecule has 0 saturated carbocycles. The molecule has 0 unspecified atom stereocenters. The Morgan fingerprint density at radius 1 is 1.10 bits per heavy atom. The van der Waals surface area contributed by atoms with Gasteiger partial charge in [0, 0.05) is 39.1 Å². The summed E-state index contributed by atoms with van der Waals surface area (Å²) in [6, 6.07) is 4.04. The summed E-state index contributed by atoms with van der Waals surface area (Å²) in [5.41, 5.74) is 1.85. The van der Waals surface area contributed by atoms with E-state index in [9.17, 15) is 9.59 Å². The number of aromatic nitrogens is 1. The third kappa shape index (κ3) is 4.67. The van der Waals surface area contributed by atoms with Gasteiger partial charge < -0.3 is 19.7 Å². The van der Waals surface area contributed by atoms with Gasteiger partial charge in [0.05, 0.1) is 10.2 Å². The van der Waals surface area contributed by atoms with E-state index in [0.29, 0.717) is 13.1 Å². The largest absolute Gasteiger partial charge is 0.355 e. The lowest BCUT2D eigenvalue weighted by Crippen LogP contribution is -2.44. The zero-order valence-corrected chi connectivity index (χ0v) is 18.2. The maximum atomic E-state index is 12.9. The van der Waals surface area contributed by atoms with Crippen molar-refractivity contribution >= 4 is 33.4 Å². The molecule has 29 heavy (non-hydrogen) atoms. The number of hydrogen-bond acceptors (Lipinski definition) is 4. The van der Waals surface area contributed by atoms with Gasteiger partial charge in [-0.3, -0.25) is 9.59 Å². The number of thiophene rings is 1. The Balaban J connectivity index is 1.23. The summed E-state index contributed by atoms with van der Waals surface area (Å²) in [7, 11) is 1.95. The quantitative estimate of drug-likeness (QED) is 0.815. The Bertz CT molecular complexity index is 842. The molecule has 4 heterocycles. The first-order chi connectivity index (χ1) is 14.1. The van der Waals surface area contributed by atoms with Crippen molar-refractivity contribution in [1.82, 2.24) is 19.7 Å². The molecular weight excluding hydrogens is 384 g/mol. The van der Waals surface area contributed by atoms with Gasteiger partial charge in [-0.15, -0.1) is 11.3 Å². The maximum Gasteiger partial charge on any atom is 0.270 e. The normalized spacial score (nSPS) is 19.4. The summed E-state index contributed by atoms with van der Waals surface area (Å²) in [5, 5.41) is 5.18. The fourth-order valence-electron chi connectivity index (χ4n) is 4.60. The van der Waals surface area contributed by atoms with Gasteiger partial charge >= 0.3 is 0 Å². The Morgan fingerprint density at radius 3 is 2.52 bits per heavy atom. The second-order valence-electron chi connectivity index (χ2n) is 8.37. The number of rotatable bonds is 5. The number of fused-ring (bicyclic) bond motifs is 1. The molecule has 0 atom stereocenters. The molecule has 0 bridgehead atoms. The van der Waals surface area contributed by atoms with Crippen LogP contribution in [0.5, 0.6) is 0 Å². The van der Waals surface area contributed by atoms with E-state index in [-0.39, 0.29) is 17.7 Å². The van der Waals surface area contributed by atoms with E-state index in [1.807, 2.05) is 22.6 Å². The van der Waals surface area contributed by atoms with Gasteiger partial charge in [-0.1, -0.05) is 12.8 Å². The first-order valence-electron chi connectivity index (χ1n) is 11.0. The van der Waals surface area contributed by atoms with E-state index < -0.39 is 0 Å². The molecule has 2 aliphatic rings. The number of carbonyl (C=O) groups is 2. The van der Waals surface area contributed by atoms with Crippen molar-refractivity contribution in [2.24, 2.45) is 13.0 Å². The van der Waals surface area contributed by atoms with Gasteiger partial charge in [0.25, 0.3) is 5.91 Å². The zero-order chi connectivity index (χ0) is 20.2. The van der Waals surface area contributed by atoms with Crippen LogP contribution in [0.1, 0.15) is 49.0 Å². The summed E-state index contributed by atoms with van der Waals surface area (Å²) < 4.78 is 3.13. The molecule has 0 radical (unpaired) electrons. The second-order valence-corrected chi connectivity index (χ2v) is 9.32. The Morgan fingerprint density at radius 2 is 1.83 bits per heavy atom. The minimum Gasteiger partial charge on any atom is -0.355 e. The van der Waals surface area contributed by atoms with E-state index in [4.69, 9.17) is 0 Å². The standard InChI is InChI=1S/C22H32N4O2S/c1-24-18-8-15-29-20(18)16-19(24)22(28)26-12-6-17(7-13-26)21(27)23-9-14-25-10-4-2-3-5-11-25/h8,15-17H,2-7,9-14H2,1H3,(H,23,27). The highest BCUT2D eigenvalue weighted by Gasteiger charge is 2.29. The maximum absolute atomic E-state index is 12.9. The lowest BCUT2D eigenvalue weighted by Gasteiger charge is -2.31. The molecule has 2 amide bonds. The summed E-state index contributed by atoms with van der Waals surface area (Å²) in [4.78, 5) is 29.9. The van der Waals surface area contributed by atoms with Gasteiger partial charge in [-0.2, -0.15) is 0 Å². The van der Waals surface area contributed by atoms with Crippen LogP contribution >= 0.6 is 11.3 Å². The minimum absolute atomic E-state index is 0.0279. The van der Waals surface area contributed by atoms with E-state index in [0.717, 1.165) is 54.9 Å². The van der Waals surface area contributed by atoms with Crippen molar-refractivity contribution in [1.29, 1.82) is 0 Å². The summed E-state index contributed by atoms with van der Waals surface area (Å²) >= 11 is 1.66. The highest BCUT2D eigenvalue weighted by molar-refractivity contribution is 7.17. The number of carbonyl (C=O) groups excluding carboxylic acids is 2. The highest BCUT2D eigenvalue weighted by atomic mass is 32.1. The number of nitrogens with one attached hydrogen (secondary N) is 1. The van der Waals surface area contributed by atoms with E-state index in [1.165, 1.54) is 25.7 Å². The number of nitrogens with zero attached hydrogens (tertiary/aromatic N) is 3. The smallest absolute Gasteiger partial charge is 0.270 e. The van der Waals surface area contributed by atoms with Crippen LogP contribution in [0, 0.1) is 5.92 Å². The SMILES string of the molecule is Cn1c(C(=O)N2CCC(C(=O)NCCN3CCCCCC3)CC2)cc2sccc21. The van der Waals surface area contributed by atoms with Gasteiger partial charge in [-0.05, 0) is 56.3 Å². The molecule has 1 N–H and O–H groups in total. The van der Waals surface area contributed by atoms with E-state index in [1.54, 1.807) is 11.3 Å². The predicted octanol–water partition coefficient (Wildman–Crippen LogP) is 3.08. The number of piperidine rings is 1. The van der Waals surface area contributed by atoms with Crippen molar-refractivity contribution in [2.75, 3.05) is 39.3 Å². The predicted molar refractivity (Wildman–Crippen MR) is 117 cm³/mol. The first kappa shape index (κ1) is 20.4. The topological polar surface area (TPSA) is 57.6 Å². The van der Waals surface area contributed by atoms with Crippen LogP contribution in [0.2, 0.25) is 0 Å². The second kappa shape index (κ2) is 9.30. The fourth-order valence-corrected chi connectivity index (χ4v) is 5.45. The lowest BCUT2D eigenvalue weighted by molar-refractivity contribution is -0.126. The fraction of sp³-hybridized carbons (Fsp3) is 0.636. The number of likely N-dealkylation sites (tertiary alicyclic amines) is 2. The van der Waals surface area contributed by atoms with Crippen LogP contribution in [0.15, 0.2) is 17.5 Å². The number of aryl methyl sites for hydroxylation is 1. The number of hydrogen-bond donors (Lipinski definition) is 1. The molecule has 6 nitrogen and oxygen atoms in total. The molecule has 0 aliphatic carbocycles. The molecule has 2 fully saturated rings. The summed E-state index contributed by atoms with van der Waals surface area (Å²) in [5.74, 6) is 0.266. The summed E-state index contributed by atoms with van der Waals surface area (Å²) in [6.45, 7) is 5.32. The molecule has 0 spiro atoms. The monoisotopic (exact) mass is 416 g/mol. The van der Waals surface area contributed by atoms with Crippen LogP contribution in [0.25, 0.3) is 10.2 Å². The van der Waals surface area contributed by atoms with Crippen molar-refractivity contribution in [2.45, 2.75) is 38.5 Å². The van der Waals surface area contributed by atoms with Crippen molar-refractivity contribution < 1.29 is 9.59 Å². The zero-order valence-electron chi connectivity index (χ0n) is 17.4. The summed E-state index contributed by atoms with van der Waals surface area (Å²) in [6.07, 6.45) is 6.72. The molecule has 2 aromatic rings. The molecule has 7 heteroatoms. The van der Waals surface area contributed by atoms with E-state index in [2.05, 4.69) is 21.7 Å². The van der Waals surface area contributed by atoms with Crippen molar-refractivity contribution in [3.8, 4) is 0 Å². The van der Waals surface area contributed by atoms with Crippen molar-refractivity contribution in [3.05, 3.63) is 23.2 Å². The van der Waals surface area contributed by atoms with Crippen molar-refractivity contribution in [3.63, 3.8) is 0 Å². The van der Waals surface area contributed by atoms with Gasteiger partial charge in [0.2, 0.25) is 5.91 Å². The lowest BCUT2D eigenvalue weighted by atomic mass is 9.95. The van der Waals surface area contributed by atoms with Crippen LogP contribution in [-0.4, -0.2) is 65.4 Å². The van der Waals surface area contributed by atoms with Crippen LogP contribution in [-0.2, 0) is 11.8 Å². The van der Waals surface area contributed by atoms with Gasteiger partial charge in [0.15, 0.2) is 0 Å². The van der Waals surface area contributed by atoms with Crippen LogP contribution in [0.4, 0.5) is 0 Å². The molecule has 2 saturated heterocycles. The van der Waals surface area contributed by atoms with Crippen LogP contribution in [0.3, 0.4) is 0 Å². The van der Waals surface area contributed by atoms with Gasteiger partial charge in [0.1, 0.15) is 5.69 Å². The van der Waals surface area contributed by atoms with E-state index >= 15 is 0 Å². The molecule has 0 aromatic carbocycles. The van der Waals surface area contributed by atoms with Gasteiger partial charge in [-0.25, -0.2) is 0 Å². The molecule has 158 valence electrons. The third-order valence-electron chi connectivity index (χ3n) is 6.46. The Kier molecular flexibility index (Phi) is 6.55. The average molecular weight is 417 g/mol. The number of amides is 2. The molecule has 4 rings (SSSR count). The Hall–Kier alpha value is -1.86. The molecular formula is C22H32N4O2S. The minimum atomic E-state index is 0.0279. The third-order valence-corrected chi connectivity index (χ3v) is 7.32. The average Bonchev–Trinajstić information content (AvgIpc) is 3.22. The highest BCUT2D eigenvalue weighted by Crippen LogP contribution is 2.26. The molecule has 2 aromatic heterocycles. The molecule has 2 aliphatic heterocycles. The first-order valence-corrected chi connectivity index (χ1v) is 11.8. The Labute approximate surface area is 176 Å².